The summed E-state index contributed by atoms with van der Waals surface area (Å²) in [6, 6.07) is 10.5. The van der Waals surface area contributed by atoms with Gasteiger partial charge in [-0.25, -0.2) is 14.4 Å². The van der Waals surface area contributed by atoms with Crippen molar-refractivity contribution in [1.82, 2.24) is 15.2 Å². The van der Waals surface area contributed by atoms with Crippen molar-refractivity contribution in [3.05, 3.63) is 54.0 Å². The summed E-state index contributed by atoms with van der Waals surface area (Å²) in [5.74, 6) is 1.31. The highest BCUT2D eigenvalue weighted by Crippen LogP contribution is 2.17. The minimum Gasteiger partial charge on any atom is -0.481 e. The Morgan fingerprint density at radius 3 is 2.48 bits per heavy atom. The van der Waals surface area contributed by atoms with Gasteiger partial charge in [0.05, 0.1) is 13.7 Å². The van der Waals surface area contributed by atoms with E-state index in [4.69, 9.17) is 9.73 Å². The number of hydrogen-bond acceptors (Lipinski definition) is 4. The lowest BCUT2D eigenvalue weighted by Gasteiger charge is -2.37. The van der Waals surface area contributed by atoms with Crippen LogP contribution in [-0.4, -0.2) is 55.7 Å². The van der Waals surface area contributed by atoms with Gasteiger partial charge in [-0.1, -0.05) is 6.07 Å². The normalized spacial score (nSPS) is 15.0. The molecule has 6 nitrogen and oxygen atoms in total. The van der Waals surface area contributed by atoms with E-state index in [0.29, 0.717) is 12.4 Å². The van der Waals surface area contributed by atoms with Crippen LogP contribution in [0.5, 0.6) is 5.88 Å². The molecule has 0 amide bonds. The summed E-state index contributed by atoms with van der Waals surface area (Å²) in [6.07, 6.45) is 1.79. The van der Waals surface area contributed by atoms with Gasteiger partial charge in [-0.05, 0) is 36.8 Å². The Kier molecular flexibility index (Phi) is 6.46. The molecule has 0 radical (unpaired) electrons. The molecule has 0 atom stereocenters. The van der Waals surface area contributed by atoms with E-state index in [2.05, 4.69) is 27.0 Å². The molecule has 7 heteroatoms. The van der Waals surface area contributed by atoms with Gasteiger partial charge in [-0.3, -0.25) is 0 Å². The van der Waals surface area contributed by atoms with Crippen LogP contribution in [0.1, 0.15) is 12.5 Å². The number of ether oxygens (including phenoxy) is 1. The first-order chi connectivity index (χ1) is 13.2. The Balaban J connectivity index is 1.60. The second-order valence-corrected chi connectivity index (χ2v) is 6.33. The molecule has 2 heterocycles. The van der Waals surface area contributed by atoms with E-state index in [1.54, 1.807) is 13.3 Å². The summed E-state index contributed by atoms with van der Waals surface area (Å²) in [5.41, 5.74) is 2.10. The van der Waals surface area contributed by atoms with Crippen molar-refractivity contribution in [2.75, 3.05) is 44.7 Å². The Morgan fingerprint density at radius 1 is 1.15 bits per heavy atom. The lowest BCUT2D eigenvalue weighted by Crippen LogP contribution is -2.52. The third-order valence-electron chi connectivity index (χ3n) is 4.52. The van der Waals surface area contributed by atoms with Crippen LogP contribution in [-0.2, 0) is 6.54 Å². The molecule has 1 fully saturated rings. The second-order valence-electron chi connectivity index (χ2n) is 6.33. The maximum Gasteiger partial charge on any atom is 0.212 e. The molecule has 1 aromatic carbocycles. The van der Waals surface area contributed by atoms with E-state index in [1.807, 2.05) is 24.3 Å². The number of rotatable bonds is 5. The molecule has 0 spiro atoms. The van der Waals surface area contributed by atoms with Crippen LogP contribution < -0.4 is 15.0 Å². The zero-order valence-corrected chi connectivity index (χ0v) is 15.9. The molecule has 1 aromatic heterocycles. The van der Waals surface area contributed by atoms with Crippen molar-refractivity contribution < 1.29 is 9.13 Å². The maximum atomic E-state index is 13.1. The number of nitrogens with one attached hydrogen (secondary N) is 1. The van der Waals surface area contributed by atoms with Gasteiger partial charge in [-0.15, -0.1) is 0 Å². The number of aromatic nitrogens is 1. The van der Waals surface area contributed by atoms with Crippen molar-refractivity contribution in [3.8, 4) is 5.88 Å². The fraction of sp³-hybridized carbons (Fsp3) is 0.400. The molecule has 1 aliphatic heterocycles. The first-order valence-corrected chi connectivity index (χ1v) is 9.22. The van der Waals surface area contributed by atoms with Gasteiger partial charge < -0.3 is 19.9 Å². The molecule has 0 aliphatic carbocycles. The Hall–Kier alpha value is -2.83. The third kappa shape index (κ3) is 5.09. The fourth-order valence-corrected chi connectivity index (χ4v) is 3.05. The summed E-state index contributed by atoms with van der Waals surface area (Å²) >= 11 is 0. The van der Waals surface area contributed by atoms with Crippen molar-refractivity contribution in [3.63, 3.8) is 0 Å². The molecule has 1 N–H and O–H groups in total. The van der Waals surface area contributed by atoms with Gasteiger partial charge in [0.1, 0.15) is 5.82 Å². The number of benzene rings is 1. The van der Waals surface area contributed by atoms with Crippen molar-refractivity contribution in [1.29, 1.82) is 0 Å². The van der Waals surface area contributed by atoms with Crippen molar-refractivity contribution >= 4 is 11.6 Å². The number of aliphatic imine (C=N–C) groups is 1. The van der Waals surface area contributed by atoms with Gasteiger partial charge in [0, 0.05) is 50.7 Å². The van der Waals surface area contributed by atoms with E-state index in [9.17, 15) is 4.39 Å². The van der Waals surface area contributed by atoms with Crippen molar-refractivity contribution in [2.45, 2.75) is 13.5 Å². The molecule has 1 saturated heterocycles. The SMILES string of the molecule is CCNC(=NCc1ccc(OC)nc1)N1CCN(c2ccc(F)cc2)CC1. The highest BCUT2D eigenvalue weighted by molar-refractivity contribution is 5.80. The maximum absolute atomic E-state index is 13.1. The fourth-order valence-electron chi connectivity index (χ4n) is 3.05. The van der Waals surface area contributed by atoms with Gasteiger partial charge in [0.25, 0.3) is 0 Å². The molecule has 3 rings (SSSR count). The quantitative estimate of drug-likeness (QED) is 0.647. The molecule has 2 aromatic rings. The summed E-state index contributed by atoms with van der Waals surface area (Å²) in [6.45, 7) is 6.93. The third-order valence-corrected chi connectivity index (χ3v) is 4.52. The highest BCUT2D eigenvalue weighted by Gasteiger charge is 2.19. The zero-order valence-electron chi connectivity index (χ0n) is 15.9. The van der Waals surface area contributed by atoms with E-state index < -0.39 is 0 Å². The number of guanidine groups is 1. The lowest BCUT2D eigenvalue weighted by atomic mass is 10.2. The van der Waals surface area contributed by atoms with Crippen molar-refractivity contribution in [2.24, 2.45) is 4.99 Å². The summed E-state index contributed by atoms with van der Waals surface area (Å²) in [7, 11) is 1.61. The molecular weight excluding hydrogens is 345 g/mol. The number of hydrogen-bond donors (Lipinski definition) is 1. The minimum atomic E-state index is -0.202. The largest absolute Gasteiger partial charge is 0.481 e. The average molecular weight is 371 g/mol. The highest BCUT2D eigenvalue weighted by atomic mass is 19.1. The molecular formula is C20H26FN5O. The Labute approximate surface area is 159 Å². The smallest absolute Gasteiger partial charge is 0.212 e. The number of pyridine rings is 1. The number of halogens is 1. The number of nitrogens with zero attached hydrogens (tertiary/aromatic N) is 4. The Bertz CT molecular complexity index is 740. The van der Waals surface area contributed by atoms with Crippen LogP contribution in [0.3, 0.4) is 0 Å². The van der Waals surface area contributed by atoms with Gasteiger partial charge >= 0.3 is 0 Å². The minimum absolute atomic E-state index is 0.202. The van der Waals surface area contributed by atoms with Gasteiger partial charge in [0.2, 0.25) is 5.88 Å². The number of piperazine rings is 1. The van der Waals surface area contributed by atoms with Crippen LogP contribution in [0.15, 0.2) is 47.6 Å². The first-order valence-electron chi connectivity index (χ1n) is 9.22. The second kappa shape index (κ2) is 9.21. The standard InChI is InChI=1S/C20H26FN5O/c1-3-22-20(24-15-16-4-9-19(27-2)23-14-16)26-12-10-25(11-13-26)18-7-5-17(21)6-8-18/h4-9,14H,3,10-13,15H2,1-2H3,(H,22,24). The molecule has 27 heavy (non-hydrogen) atoms. The van der Waals surface area contributed by atoms with Gasteiger partial charge in [-0.2, -0.15) is 0 Å². The molecule has 0 unspecified atom stereocenters. The van der Waals surface area contributed by atoms with E-state index in [-0.39, 0.29) is 5.82 Å². The van der Waals surface area contributed by atoms with Crippen LogP contribution in [0.25, 0.3) is 0 Å². The molecule has 0 bridgehead atoms. The number of anilines is 1. The van der Waals surface area contributed by atoms with Crippen LogP contribution >= 0.6 is 0 Å². The summed E-state index contributed by atoms with van der Waals surface area (Å²) in [5, 5.41) is 3.37. The number of methoxy groups -OCH3 is 1. The van der Waals surface area contributed by atoms with E-state index >= 15 is 0 Å². The van der Waals surface area contributed by atoms with Gasteiger partial charge in [0.15, 0.2) is 5.96 Å². The van der Waals surface area contributed by atoms with Crippen LogP contribution in [0.2, 0.25) is 0 Å². The zero-order chi connectivity index (χ0) is 19.1. The monoisotopic (exact) mass is 371 g/mol. The first kappa shape index (κ1) is 18.9. The summed E-state index contributed by atoms with van der Waals surface area (Å²) in [4.78, 5) is 13.5. The Morgan fingerprint density at radius 2 is 1.89 bits per heavy atom. The topological polar surface area (TPSA) is 53.0 Å². The van der Waals surface area contributed by atoms with Crippen LogP contribution in [0.4, 0.5) is 10.1 Å². The predicted molar refractivity (Wildman–Crippen MR) is 106 cm³/mol. The molecule has 0 saturated carbocycles. The van der Waals surface area contributed by atoms with E-state index in [1.165, 1.54) is 12.1 Å². The average Bonchev–Trinajstić information content (AvgIpc) is 2.72. The summed E-state index contributed by atoms with van der Waals surface area (Å²) < 4.78 is 18.2. The lowest BCUT2D eigenvalue weighted by molar-refractivity contribution is 0.372. The predicted octanol–water partition coefficient (Wildman–Crippen LogP) is 2.52. The van der Waals surface area contributed by atoms with Crippen LogP contribution in [0, 0.1) is 5.82 Å². The molecule has 1 aliphatic rings. The van der Waals surface area contributed by atoms with E-state index in [0.717, 1.165) is 49.9 Å². The molecule has 144 valence electrons.